The van der Waals surface area contributed by atoms with Crippen molar-refractivity contribution in [3.05, 3.63) is 0 Å². The van der Waals surface area contributed by atoms with Gasteiger partial charge in [0.1, 0.15) is 0 Å². The van der Waals surface area contributed by atoms with Gasteiger partial charge in [-0.15, -0.1) is 0 Å². The molecule has 16 heavy (non-hydrogen) atoms. The standard InChI is InChI=1S/C12H24F2N2/c1-10-3-5-11(6-4-10)15-7-8-16(2)9-12(13)14/h10-12,15H,3-9H2,1-2H3. The molecule has 0 unspecified atom stereocenters. The minimum Gasteiger partial charge on any atom is -0.313 e. The van der Waals surface area contributed by atoms with E-state index in [9.17, 15) is 8.78 Å². The van der Waals surface area contributed by atoms with Crippen LogP contribution in [0.4, 0.5) is 8.78 Å². The van der Waals surface area contributed by atoms with E-state index in [-0.39, 0.29) is 6.54 Å². The van der Waals surface area contributed by atoms with Crippen LogP contribution in [0.5, 0.6) is 0 Å². The lowest BCUT2D eigenvalue weighted by molar-refractivity contribution is 0.100. The summed E-state index contributed by atoms with van der Waals surface area (Å²) in [5.41, 5.74) is 0. The third-order valence-electron chi connectivity index (χ3n) is 3.39. The molecule has 0 atom stereocenters. The second-order valence-corrected chi connectivity index (χ2v) is 5.06. The van der Waals surface area contributed by atoms with E-state index >= 15 is 0 Å². The van der Waals surface area contributed by atoms with Gasteiger partial charge in [-0.3, -0.25) is 4.90 Å². The van der Waals surface area contributed by atoms with Crippen molar-refractivity contribution in [2.75, 3.05) is 26.7 Å². The fourth-order valence-electron chi connectivity index (χ4n) is 2.25. The van der Waals surface area contributed by atoms with Crippen molar-refractivity contribution in [3.8, 4) is 0 Å². The average Bonchev–Trinajstić information content (AvgIpc) is 2.20. The zero-order chi connectivity index (χ0) is 12.0. The zero-order valence-corrected chi connectivity index (χ0v) is 10.4. The zero-order valence-electron chi connectivity index (χ0n) is 10.4. The molecule has 96 valence electrons. The van der Waals surface area contributed by atoms with Crippen molar-refractivity contribution in [2.45, 2.75) is 45.1 Å². The number of hydrogen-bond donors (Lipinski definition) is 1. The lowest BCUT2D eigenvalue weighted by Crippen LogP contribution is -2.38. The summed E-state index contributed by atoms with van der Waals surface area (Å²) in [5.74, 6) is 0.861. The summed E-state index contributed by atoms with van der Waals surface area (Å²) in [6.45, 7) is 3.70. The van der Waals surface area contributed by atoms with E-state index in [0.717, 1.165) is 12.5 Å². The molecule has 1 rings (SSSR count). The van der Waals surface area contributed by atoms with Gasteiger partial charge in [-0.25, -0.2) is 8.78 Å². The minimum absolute atomic E-state index is 0.122. The van der Waals surface area contributed by atoms with Crippen molar-refractivity contribution in [2.24, 2.45) is 5.92 Å². The van der Waals surface area contributed by atoms with E-state index in [1.54, 1.807) is 11.9 Å². The van der Waals surface area contributed by atoms with E-state index in [1.165, 1.54) is 25.7 Å². The summed E-state index contributed by atoms with van der Waals surface area (Å²) in [6, 6.07) is 0.608. The Labute approximate surface area is 97.4 Å². The largest absolute Gasteiger partial charge is 0.313 e. The van der Waals surface area contributed by atoms with Crippen molar-refractivity contribution >= 4 is 0 Å². The Kier molecular flexibility index (Phi) is 6.21. The number of halogens is 2. The van der Waals surface area contributed by atoms with Gasteiger partial charge < -0.3 is 5.32 Å². The molecule has 2 nitrogen and oxygen atoms in total. The summed E-state index contributed by atoms with van der Waals surface area (Å²) in [4.78, 5) is 1.68. The molecular weight excluding hydrogens is 210 g/mol. The van der Waals surface area contributed by atoms with Crippen LogP contribution in [0.2, 0.25) is 0 Å². The van der Waals surface area contributed by atoms with Crippen LogP contribution in [0.1, 0.15) is 32.6 Å². The van der Waals surface area contributed by atoms with Crippen molar-refractivity contribution < 1.29 is 8.78 Å². The average molecular weight is 234 g/mol. The van der Waals surface area contributed by atoms with Crippen LogP contribution in [0.15, 0.2) is 0 Å². The highest BCUT2D eigenvalue weighted by molar-refractivity contribution is 4.75. The second kappa shape index (κ2) is 7.17. The highest BCUT2D eigenvalue weighted by Crippen LogP contribution is 2.23. The Morgan fingerprint density at radius 3 is 2.44 bits per heavy atom. The first kappa shape index (κ1) is 13.8. The third kappa shape index (κ3) is 5.75. The van der Waals surface area contributed by atoms with Gasteiger partial charge in [0.2, 0.25) is 0 Å². The predicted molar refractivity (Wildman–Crippen MR) is 62.9 cm³/mol. The molecule has 0 aromatic rings. The number of nitrogens with zero attached hydrogens (tertiary/aromatic N) is 1. The SMILES string of the molecule is CC1CCC(NCCN(C)CC(F)F)CC1. The molecule has 1 saturated carbocycles. The first-order chi connectivity index (χ1) is 7.58. The van der Waals surface area contributed by atoms with Crippen molar-refractivity contribution in [1.82, 2.24) is 10.2 Å². The van der Waals surface area contributed by atoms with E-state index in [0.29, 0.717) is 12.6 Å². The molecule has 0 spiro atoms. The quantitative estimate of drug-likeness (QED) is 0.759. The Balaban J connectivity index is 2.02. The van der Waals surface area contributed by atoms with E-state index < -0.39 is 6.43 Å². The molecule has 1 aliphatic carbocycles. The molecule has 0 aromatic carbocycles. The van der Waals surface area contributed by atoms with E-state index in [2.05, 4.69) is 12.2 Å². The van der Waals surface area contributed by atoms with Gasteiger partial charge in [0.15, 0.2) is 0 Å². The molecule has 0 aromatic heterocycles. The maximum atomic E-state index is 12.0. The minimum atomic E-state index is -2.22. The fourth-order valence-corrected chi connectivity index (χ4v) is 2.25. The summed E-state index contributed by atoms with van der Waals surface area (Å²) in [5, 5.41) is 3.46. The van der Waals surface area contributed by atoms with Crippen molar-refractivity contribution in [1.29, 1.82) is 0 Å². The monoisotopic (exact) mass is 234 g/mol. The highest BCUT2D eigenvalue weighted by Gasteiger charge is 2.17. The van der Waals surface area contributed by atoms with E-state index in [4.69, 9.17) is 0 Å². The van der Waals surface area contributed by atoms with Crippen LogP contribution in [0, 0.1) is 5.92 Å². The molecule has 0 radical (unpaired) electrons. The van der Waals surface area contributed by atoms with Gasteiger partial charge in [0.05, 0.1) is 6.54 Å². The van der Waals surface area contributed by atoms with Gasteiger partial charge >= 0.3 is 0 Å². The first-order valence-electron chi connectivity index (χ1n) is 6.28. The van der Waals surface area contributed by atoms with Gasteiger partial charge in [0.25, 0.3) is 6.43 Å². The fraction of sp³-hybridized carbons (Fsp3) is 1.00. The summed E-state index contributed by atoms with van der Waals surface area (Å²) in [7, 11) is 1.75. The molecule has 1 aliphatic rings. The lowest BCUT2D eigenvalue weighted by Gasteiger charge is -2.27. The smallest absolute Gasteiger partial charge is 0.251 e. The van der Waals surface area contributed by atoms with Crippen LogP contribution < -0.4 is 5.32 Å². The maximum absolute atomic E-state index is 12.0. The molecule has 4 heteroatoms. The third-order valence-corrected chi connectivity index (χ3v) is 3.39. The number of alkyl halides is 2. The van der Waals surface area contributed by atoms with Crippen LogP contribution in [-0.4, -0.2) is 44.0 Å². The molecule has 1 fully saturated rings. The van der Waals surface area contributed by atoms with Gasteiger partial charge in [0, 0.05) is 19.1 Å². The Morgan fingerprint density at radius 1 is 1.25 bits per heavy atom. The maximum Gasteiger partial charge on any atom is 0.251 e. The number of hydrogen-bond acceptors (Lipinski definition) is 2. The van der Waals surface area contributed by atoms with Crippen LogP contribution >= 0.6 is 0 Å². The summed E-state index contributed by atoms with van der Waals surface area (Å²) in [6.07, 6.45) is 2.84. The topological polar surface area (TPSA) is 15.3 Å². The van der Waals surface area contributed by atoms with Crippen LogP contribution in [0.25, 0.3) is 0 Å². The molecule has 0 bridgehead atoms. The van der Waals surface area contributed by atoms with E-state index in [1.807, 2.05) is 0 Å². The van der Waals surface area contributed by atoms with Crippen LogP contribution in [0.3, 0.4) is 0 Å². The molecule has 0 amide bonds. The Bertz CT molecular complexity index is 180. The number of likely N-dealkylation sites (N-methyl/N-ethyl adjacent to an activating group) is 1. The molecular formula is C12H24F2N2. The highest BCUT2D eigenvalue weighted by atomic mass is 19.3. The summed E-state index contributed by atoms with van der Waals surface area (Å²) >= 11 is 0. The lowest BCUT2D eigenvalue weighted by atomic mass is 9.87. The molecule has 0 saturated heterocycles. The predicted octanol–water partition coefficient (Wildman–Crippen LogP) is 2.35. The van der Waals surface area contributed by atoms with Gasteiger partial charge in [-0.2, -0.15) is 0 Å². The number of rotatable bonds is 6. The van der Waals surface area contributed by atoms with Crippen molar-refractivity contribution in [3.63, 3.8) is 0 Å². The normalized spacial score (nSPS) is 26.6. The molecule has 0 aliphatic heterocycles. The Hall–Kier alpha value is -0.220. The molecule has 0 heterocycles. The number of nitrogens with one attached hydrogen (secondary N) is 1. The van der Waals surface area contributed by atoms with Crippen LogP contribution in [-0.2, 0) is 0 Å². The second-order valence-electron chi connectivity index (χ2n) is 5.06. The molecule has 1 N–H and O–H groups in total. The van der Waals surface area contributed by atoms with Gasteiger partial charge in [-0.1, -0.05) is 6.92 Å². The Morgan fingerprint density at radius 2 is 1.88 bits per heavy atom. The summed E-state index contributed by atoms with van der Waals surface area (Å²) < 4.78 is 24.1. The first-order valence-corrected chi connectivity index (χ1v) is 6.28. The van der Waals surface area contributed by atoms with Gasteiger partial charge in [-0.05, 0) is 38.6 Å².